The van der Waals surface area contributed by atoms with Crippen LogP contribution in [-0.2, 0) is 14.3 Å². The number of hydrogen-bond donors (Lipinski definition) is 1. The molecule has 6 rings (SSSR count). The predicted octanol–water partition coefficient (Wildman–Crippen LogP) is 4.05. The molecule has 2 bridgehead atoms. The summed E-state index contributed by atoms with van der Waals surface area (Å²) < 4.78 is 33.4. The summed E-state index contributed by atoms with van der Waals surface area (Å²) in [4.78, 5) is 39.0. The first kappa shape index (κ1) is 26.3. The van der Waals surface area contributed by atoms with Crippen molar-refractivity contribution < 1.29 is 28.2 Å². The van der Waals surface area contributed by atoms with Crippen molar-refractivity contribution in [1.29, 1.82) is 0 Å². The van der Waals surface area contributed by atoms with E-state index in [0.717, 1.165) is 12.8 Å². The van der Waals surface area contributed by atoms with Crippen LogP contribution in [-0.4, -0.2) is 76.0 Å². The molecule has 2 amide bonds. The van der Waals surface area contributed by atoms with Gasteiger partial charge in [-0.1, -0.05) is 11.6 Å². The summed E-state index contributed by atoms with van der Waals surface area (Å²) in [6.07, 6.45) is 0.719. The van der Waals surface area contributed by atoms with E-state index in [1.165, 1.54) is 0 Å². The highest BCUT2D eigenvalue weighted by molar-refractivity contribution is 6.30. The van der Waals surface area contributed by atoms with E-state index in [2.05, 4.69) is 15.2 Å². The van der Waals surface area contributed by atoms with Crippen molar-refractivity contribution in [3.63, 3.8) is 0 Å². The number of carbonyl (C=O) groups is 2. The molecule has 0 aromatic carbocycles. The number of ether oxygens (including phenoxy) is 3. The number of piperazine rings is 1. The number of nitrogens with zero attached hydrogens (tertiary/aromatic N) is 4. The quantitative estimate of drug-likeness (QED) is 0.520. The number of rotatable bonds is 1. The molecule has 0 spiro atoms. The summed E-state index contributed by atoms with van der Waals surface area (Å²) >= 11 is 6.28. The molecule has 1 N–H and O–H groups in total. The standard InChI is InChI=1S/C27H33ClFN5O5/c1-12-17-18-23(31-20(12)14-9-37-10-16(35)30-14)33-11-27(6)8-7-15(34(27)25(36)39-26(3,4)5)21(33)13(2)38-24(18)32-22(28)19(17)29/h13-15,21H,7-11H2,1-6H3,(H,30,35)/t13-,14?,15-,21+,27+/m0/s1. The van der Waals surface area contributed by atoms with Crippen molar-refractivity contribution >= 4 is 40.2 Å². The summed E-state index contributed by atoms with van der Waals surface area (Å²) in [6, 6.07) is -1.10. The van der Waals surface area contributed by atoms with Crippen molar-refractivity contribution in [2.24, 2.45) is 0 Å². The lowest BCUT2D eigenvalue weighted by Crippen LogP contribution is -2.69. The lowest BCUT2D eigenvalue weighted by molar-refractivity contribution is -0.131. The molecule has 0 radical (unpaired) electrons. The third-order valence-corrected chi connectivity index (χ3v) is 8.50. The van der Waals surface area contributed by atoms with Crippen LogP contribution >= 0.6 is 11.6 Å². The average Bonchev–Trinajstić information content (AvgIpc) is 3.02. The molecule has 6 heterocycles. The number of hydrogen-bond acceptors (Lipinski definition) is 8. The summed E-state index contributed by atoms with van der Waals surface area (Å²) in [5.74, 6) is -0.236. The maximum Gasteiger partial charge on any atom is 0.411 e. The van der Waals surface area contributed by atoms with Gasteiger partial charge in [0.15, 0.2) is 11.0 Å². The molecule has 12 heteroatoms. The highest BCUT2D eigenvalue weighted by Gasteiger charge is 2.59. The Morgan fingerprint density at radius 3 is 2.72 bits per heavy atom. The van der Waals surface area contributed by atoms with Gasteiger partial charge < -0.3 is 24.4 Å². The first-order valence-electron chi connectivity index (χ1n) is 13.3. The van der Waals surface area contributed by atoms with E-state index in [-0.39, 0.29) is 53.7 Å². The summed E-state index contributed by atoms with van der Waals surface area (Å²) in [7, 11) is 0. The topological polar surface area (TPSA) is 106 Å². The molecule has 3 saturated heterocycles. The number of aromatic nitrogens is 2. The molecule has 210 valence electrons. The zero-order valence-corrected chi connectivity index (χ0v) is 23.7. The fourth-order valence-corrected chi connectivity index (χ4v) is 6.92. The zero-order chi connectivity index (χ0) is 28.0. The second-order valence-electron chi connectivity index (χ2n) is 12.2. The molecule has 1 unspecified atom stereocenters. The van der Waals surface area contributed by atoms with Crippen LogP contribution in [0.25, 0.3) is 10.8 Å². The average molecular weight is 562 g/mol. The number of nitrogens with one attached hydrogen (secondary N) is 1. The SMILES string of the molecule is Cc1c(C2COCC(=O)N2)nc2c3c(nc(Cl)c(F)c13)O[C@@H](C)[C@@H]1[C@@H]3CC[C@](C)(CN21)N3C(=O)OC(C)(C)C. The van der Waals surface area contributed by atoms with E-state index in [1.54, 1.807) is 6.92 Å². The second-order valence-corrected chi connectivity index (χ2v) is 12.6. The van der Waals surface area contributed by atoms with E-state index in [9.17, 15) is 9.59 Å². The van der Waals surface area contributed by atoms with E-state index >= 15 is 4.39 Å². The first-order chi connectivity index (χ1) is 18.3. The van der Waals surface area contributed by atoms with Gasteiger partial charge in [-0.3, -0.25) is 9.69 Å². The van der Waals surface area contributed by atoms with Crippen molar-refractivity contribution in [1.82, 2.24) is 20.2 Å². The van der Waals surface area contributed by atoms with Gasteiger partial charge in [-0.15, -0.1) is 0 Å². The Balaban J connectivity index is 1.54. The Morgan fingerprint density at radius 1 is 1.28 bits per heavy atom. The smallest absolute Gasteiger partial charge is 0.411 e. The molecule has 10 nitrogen and oxygen atoms in total. The number of anilines is 1. The normalized spacial score (nSPS) is 30.0. The van der Waals surface area contributed by atoms with Crippen molar-refractivity contribution in [3.8, 4) is 5.88 Å². The van der Waals surface area contributed by atoms with E-state index in [0.29, 0.717) is 29.0 Å². The maximum atomic E-state index is 15.7. The van der Waals surface area contributed by atoms with Gasteiger partial charge in [0.1, 0.15) is 24.1 Å². The van der Waals surface area contributed by atoms with Gasteiger partial charge >= 0.3 is 6.09 Å². The Morgan fingerprint density at radius 2 is 2.03 bits per heavy atom. The van der Waals surface area contributed by atoms with Gasteiger partial charge in [0.25, 0.3) is 0 Å². The van der Waals surface area contributed by atoms with Gasteiger partial charge in [0.05, 0.1) is 41.4 Å². The Kier molecular flexibility index (Phi) is 5.93. The Labute approximate surface area is 231 Å². The van der Waals surface area contributed by atoms with Crippen LogP contribution in [0.15, 0.2) is 0 Å². The number of halogens is 2. The van der Waals surface area contributed by atoms with Gasteiger partial charge in [-0.2, -0.15) is 4.98 Å². The lowest BCUT2D eigenvalue weighted by atomic mass is 9.93. The van der Waals surface area contributed by atoms with Crippen molar-refractivity contribution in [3.05, 3.63) is 22.2 Å². The summed E-state index contributed by atoms with van der Waals surface area (Å²) in [5, 5.41) is 3.30. The Bertz CT molecular complexity index is 1400. The number of aryl methyl sites for hydroxylation is 1. The third-order valence-electron chi connectivity index (χ3n) is 8.25. The summed E-state index contributed by atoms with van der Waals surface area (Å²) in [5.41, 5.74) is -0.161. The minimum atomic E-state index is -0.669. The monoisotopic (exact) mass is 561 g/mol. The van der Waals surface area contributed by atoms with E-state index in [4.69, 9.17) is 30.8 Å². The minimum Gasteiger partial charge on any atom is -0.472 e. The largest absolute Gasteiger partial charge is 0.472 e. The molecular formula is C27H33ClFN5O5. The molecule has 3 fully saturated rings. The molecule has 5 atom stereocenters. The van der Waals surface area contributed by atoms with Crippen molar-refractivity contribution in [2.75, 3.05) is 24.7 Å². The molecule has 2 aromatic rings. The maximum absolute atomic E-state index is 15.7. The fraction of sp³-hybridized carbons (Fsp3) is 0.630. The predicted molar refractivity (Wildman–Crippen MR) is 142 cm³/mol. The number of morpholine rings is 1. The molecule has 39 heavy (non-hydrogen) atoms. The zero-order valence-electron chi connectivity index (χ0n) is 22.9. The molecular weight excluding hydrogens is 529 g/mol. The third kappa shape index (κ3) is 4.07. The number of carbonyl (C=O) groups excluding carboxylic acids is 2. The number of fused-ring (bicyclic) bond motifs is 5. The highest BCUT2D eigenvalue weighted by Crippen LogP contribution is 2.50. The van der Waals surface area contributed by atoms with Crippen LogP contribution < -0.4 is 15.0 Å². The fourth-order valence-electron chi connectivity index (χ4n) is 6.74. The first-order valence-corrected chi connectivity index (χ1v) is 13.7. The van der Waals surface area contributed by atoms with Crippen LogP contribution in [0.2, 0.25) is 5.15 Å². The second kappa shape index (κ2) is 8.79. The highest BCUT2D eigenvalue weighted by atomic mass is 35.5. The molecule has 0 saturated carbocycles. The van der Waals surface area contributed by atoms with Crippen LogP contribution in [0.5, 0.6) is 5.88 Å². The number of pyridine rings is 2. The van der Waals surface area contributed by atoms with Gasteiger partial charge in [-0.25, -0.2) is 14.2 Å². The van der Waals surface area contributed by atoms with Crippen LogP contribution in [0.3, 0.4) is 0 Å². The number of amides is 2. The van der Waals surface area contributed by atoms with Crippen molar-refractivity contribution in [2.45, 2.75) is 89.8 Å². The van der Waals surface area contributed by atoms with Crippen LogP contribution in [0.4, 0.5) is 15.0 Å². The minimum absolute atomic E-state index is 0.0374. The summed E-state index contributed by atoms with van der Waals surface area (Å²) in [6.45, 7) is 11.9. The lowest BCUT2D eigenvalue weighted by Gasteiger charge is -2.52. The molecule has 4 aliphatic heterocycles. The molecule has 2 aromatic heterocycles. The van der Waals surface area contributed by atoms with Crippen LogP contribution in [0, 0.1) is 12.7 Å². The molecule has 4 aliphatic rings. The molecule has 0 aliphatic carbocycles. The Hall–Kier alpha value is -2.92. The van der Waals surface area contributed by atoms with E-state index < -0.39 is 29.1 Å². The van der Waals surface area contributed by atoms with Gasteiger partial charge in [0, 0.05) is 11.9 Å². The van der Waals surface area contributed by atoms with Crippen LogP contribution in [0.1, 0.15) is 64.8 Å². The van der Waals surface area contributed by atoms with E-state index in [1.807, 2.05) is 39.5 Å². The van der Waals surface area contributed by atoms with Gasteiger partial charge in [0.2, 0.25) is 11.8 Å². The van der Waals surface area contributed by atoms with Gasteiger partial charge in [-0.05, 0) is 59.9 Å².